The number of para-hydroxylation sites is 3. The first-order chi connectivity index (χ1) is 19.4. The third-order valence-electron chi connectivity index (χ3n) is 8.32. The summed E-state index contributed by atoms with van der Waals surface area (Å²) in [6.45, 7) is 4.18. The van der Waals surface area contributed by atoms with Crippen LogP contribution in [0.15, 0.2) is 66.7 Å². The van der Waals surface area contributed by atoms with E-state index in [1.54, 1.807) is 25.3 Å². The molecule has 3 aromatic rings. The van der Waals surface area contributed by atoms with E-state index < -0.39 is 5.97 Å². The van der Waals surface area contributed by atoms with Crippen LogP contribution in [0.3, 0.4) is 0 Å². The molecule has 8 heteroatoms. The lowest BCUT2D eigenvalue weighted by molar-refractivity contribution is -0.136. The van der Waals surface area contributed by atoms with Crippen LogP contribution in [0.1, 0.15) is 47.2 Å². The Kier molecular flexibility index (Phi) is 8.62. The van der Waals surface area contributed by atoms with Gasteiger partial charge in [0.25, 0.3) is 5.91 Å². The van der Waals surface area contributed by atoms with Gasteiger partial charge in [0.1, 0.15) is 5.75 Å². The largest absolute Gasteiger partial charge is 0.493 e. The predicted molar refractivity (Wildman–Crippen MR) is 154 cm³/mol. The lowest BCUT2D eigenvalue weighted by atomic mass is 9.71. The summed E-state index contributed by atoms with van der Waals surface area (Å²) in [6.07, 6.45) is 3.89. The molecule has 1 spiro atoms. The molecule has 1 N–H and O–H groups in total. The molecule has 40 heavy (non-hydrogen) atoms. The van der Waals surface area contributed by atoms with Crippen LogP contribution in [0, 0.1) is 5.41 Å². The Morgan fingerprint density at radius 2 is 1.48 bits per heavy atom. The topological polar surface area (TPSA) is 79.3 Å². The molecule has 0 radical (unpaired) electrons. The highest BCUT2D eigenvalue weighted by Gasteiger charge is 2.39. The first-order valence-electron chi connectivity index (χ1n) is 13.8. The zero-order chi connectivity index (χ0) is 28.1. The Hall–Kier alpha value is -3.55. The number of rotatable bonds is 8. The Labute approximate surface area is 240 Å². The molecule has 0 aromatic heterocycles. The van der Waals surface area contributed by atoms with Crippen molar-refractivity contribution in [3.8, 4) is 17.2 Å². The minimum absolute atomic E-state index is 0.105. The maximum absolute atomic E-state index is 13.3. The number of amides is 1. The van der Waals surface area contributed by atoms with Gasteiger partial charge in [-0.05, 0) is 86.1 Å². The second kappa shape index (κ2) is 12.3. The quantitative estimate of drug-likeness (QED) is 0.348. The number of aliphatic carboxylic acids is 1. The zero-order valence-corrected chi connectivity index (χ0v) is 23.5. The molecule has 210 valence electrons. The monoisotopic (exact) mass is 562 g/mol. The Balaban J connectivity index is 1.17. The number of carboxylic acids is 1. The first-order valence-corrected chi connectivity index (χ1v) is 14.1. The summed E-state index contributed by atoms with van der Waals surface area (Å²) in [7, 11) is 1.65. The zero-order valence-electron chi connectivity index (χ0n) is 22.8. The molecule has 0 aliphatic carbocycles. The number of piperidine rings is 2. The highest BCUT2D eigenvalue weighted by molar-refractivity contribution is 6.30. The minimum atomic E-state index is -0.977. The smallest absolute Gasteiger partial charge is 0.307 e. The molecule has 3 aromatic carbocycles. The Morgan fingerprint density at radius 1 is 0.850 bits per heavy atom. The van der Waals surface area contributed by atoms with E-state index in [0.29, 0.717) is 40.7 Å². The van der Waals surface area contributed by atoms with E-state index in [-0.39, 0.29) is 17.7 Å². The van der Waals surface area contributed by atoms with Crippen molar-refractivity contribution >= 4 is 23.5 Å². The Morgan fingerprint density at radius 3 is 2.15 bits per heavy atom. The lowest BCUT2D eigenvalue weighted by Crippen LogP contribution is -2.48. The predicted octanol–water partition coefficient (Wildman–Crippen LogP) is 6.29. The van der Waals surface area contributed by atoms with Gasteiger partial charge in [0.15, 0.2) is 11.5 Å². The van der Waals surface area contributed by atoms with Crippen molar-refractivity contribution in [2.24, 2.45) is 5.41 Å². The van der Waals surface area contributed by atoms with Gasteiger partial charge in [-0.15, -0.1) is 0 Å². The number of carbonyl (C=O) groups excluding carboxylic acids is 1. The van der Waals surface area contributed by atoms with Crippen LogP contribution in [-0.4, -0.2) is 60.1 Å². The molecular weight excluding hydrogens is 528 g/mol. The van der Waals surface area contributed by atoms with Crippen molar-refractivity contribution in [1.29, 1.82) is 0 Å². The molecule has 1 amide bonds. The van der Waals surface area contributed by atoms with E-state index >= 15 is 0 Å². The van der Waals surface area contributed by atoms with Gasteiger partial charge in [-0.3, -0.25) is 14.5 Å². The maximum atomic E-state index is 13.3. The second-order valence-electron chi connectivity index (χ2n) is 10.8. The summed E-state index contributed by atoms with van der Waals surface area (Å²) >= 11 is 6.07. The van der Waals surface area contributed by atoms with Crippen LogP contribution in [0.5, 0.6) is 17.2 Å². The first kappa shape index (κ1) is 28.0. The Bertz CT molecular complexity index is 1360. The fourth-order valence-electron chi connectivity index (χ4n) is 5.92. The minimum Gasteiger partial charge on any atom is -0.493 e. The molecule has 2 saturated heterocycles. The van der Waals surface area contributed by atoms with E-state index in [4.69, 9.17) is 21.1 Å². The SMILES string of the molecule is COc1ccccc1Oc1ccccc1CN1CCC2(CC1)CCN(C(=O)c1ccc(Cl)cc1CC(=O)O)CC2. The summed E-state index contributed by atoms with van der Waals surface area (Å²) in [5.41, 5.74) is 2.29. The van der Waals surface area contributed by atoms with Crippen molar-refractivity contribution in [1.82, 2.24) is 9.80 Å². The molecule has 2 aliphatic rings. The van der Waals surface area contributed by atoms with Gasteiger partial charge in [-0.2, -0.15) is 0 Å². The molecule has 2 heterocycles. The van der Waals surface area contributed by atoms with Gasteiger partial charge in [-0.1, -0.05) is 41.9 Å². The second-order valence-corrected chi connectivity index (χ2v) is 11.2. The molecular formula is C32H35ClN2O5. The average molecular weight is 563 g/mol. The number of carboxylic acid groups (broad SMARTS) is 1. The van der Waals surface area contributed by atoms with Crippen molar-refractivity contribution in [2.45, 2.75) is 38.6 Å². The fourth-order valence-corrected chi connectivity index (χ4v) is 6.11. The van der Waals surface area contributed by atoms with E-state index in [9.17, 15) is 14.7 Å². The molecule has 0 unspecified atom stereocenters. The number of halogens is 1. The number of hydrogen-bond donors (Lipinski definition) is 1. The van der Waals surface area contributed by atoms with E-state index in [2.05, 4.69) is 11.0 Å². The fraction of sp³-hybridized carbons (Fsp3) is 0.375. The van der Waals surface area contributed by atoms with Gasteiger partial charge < -0.3 is 19.5 Å². The van der Waals surface area contributed by atoms with Crippen LogP contribution < -0.4 is 9.47 Å². The van der Waals surface area contributed by atoms with Crippen LogP contribution in [0.25, 0.3) is 0 Å². The number of nitrogens with zero attached hydrogens (tertiary/aromatic N) is 2. The van der Waals surface area contributed by atoms with Gasteiger partial charge in [0, 0.05) is 35.8 Å². The molecule has 0 bridgehead atoms. The normalized spacial score (nSPS) is 17.0. The number of benzene rings is 3. The van der Waals surface area contributed by atoms with Crippen molar-refractivity contribution in [3.05, 3.63) is 88.4 Å². The molecule has 0 saturated carbocycles. The lowest BCUT2D eigenvalue weighted by Gasteiger charge is -2.47. The highest BCUT2D eigenvalue weighted by atomic mass is 35.5. The van der Waals surface area contributed by atoms with Gasteiger partial charge in [0.05, 0.1) is 13.5 Å². The summed E-state index contributed by atoms with van der Waals surface area (Å²) in [5.74, 6) is 1.16. The molecule has 5 rings (SSSR count). The maximum Gasteiger partial charge on any atom is 0.307 e. The summed E-state index contributed by atoms with van der Waals surface area (Å²) < 4.78 is 11.7. The van der Waals surface area contributed by atoms with Crippen molar-refractivity contribution in [2.75, 3.05) is 33.3 Å². The summed E-state index contributed by atoms with van der Waals surface area (Å²) in [6, 6.07) is 20.7. The standard InChI is InChI=1S/C32H35ClN2O5/c1-39-28-8-4-5-9-29(28)40-27-7-3-2-6-23(27)22-34-16-12-32(13-17-34)14-18-35(19-15-32)31(38)26-11-10-25(33)20-24(26)21-30(36)37/h2-11,20H,12-19,21-22H2,1H3,(H,36,37). The molecule has 0 atom stereocenters. The van der Waals surface area contributed by atoms with Crippen LogP contribution in [-0.2, 0) is 17.8 Å². The van der Waals surface area contributed by atoms with Crippen molar-refractivity contribution < 1.29 is 24.2 Å². The van der Waals surface area contributed by atoms with Gasteiger partial charge >= 0.3 is 5.97 Å². The molecule has 2 fully saturated rings. The summed E-state index contributed by atoms with van der Waals surface area (Å²) in [4.78, 5) is 29.0. The third-order valence-corrected chi connectivity index (χ3v) is 8.56. The van der Waals surface area contributed by atoms with E-state index in [0.717, 1.165) is 56.6 Å². The van der Waals surface area contributed by atoms with Gasteiger partial charge in [-0.25, -0.2) is 0 Å². The van der Waals surface area contributed by atoms with Crippen LogP contribution in [0.4, 0.5) is 0 Å². The number of likely N-dealkylation sites (tertiary alicyclic amines) is 2. The average Bonchev–Trinajstić information content (AvgIpc) is 2.95. The number of ether oxygens (including phenoxy) is 2. The molecule has 7 nitrogen and oxygen atoms in total. The molecule has 2 aliphatic heterocycles. The highest BCUT2D eigenvalue weighted by Crippen LogP contribution is 2.42. The van der Waals surface area contributed by atoms with Crippen LogP contribution >= 0.6 is 11.6 Å². The van der Waals surface area contributed by atoms with E-state index in [1.165, 1.54) is 0 Å². The summed E-state index contributed by atoms with van der Waals surface area (Å²) in [5, 5.41) is 9.71. The number of methoxy groups -OCH3 is 1. The van der Waals surface area contributed by atoms with E-state index in [1.807, 2.05) is 47.4 Å². The van der Waals surface area contributed by atoms with Crippen LogP contribution in [0.2, 0.25) is 5.02 Å². The number of carbonyl (C=O) groups is 2. The van der Waals surface area contributed by atoms with Crippen molar-refractivity contribution in [3.63, 3.8) is 0 Å². The van der Waals surface area contributed by atoms with Gasteiger partial charge in [0.2, 0.25) is 0 Å². The third kappa shape index (κ3) is 6.43. The number of hydrogen-bond acceptors (Lipinski definition) is 5.